The Morgan fingerprint density at radius 3 is 2.65 bits per heavy atom. The summed E-state index contributed by atoms with van der Waals surface area (Å²) in [6.45, 7) is 3.87. The van der Waals surface area contributed by atoms with Gasteiger partial charge in [0.05, 0.1) is 23.9 Å². The molecule has 1 aliphatic heterocycles. The molecule has 0 aromatic heterocycles. The van der Waals surface area contributed by atoms with E-state index in [9.17, 15) is 14.0 Å². The minimum atomic E-state index is -0.756. The van der Waals surface area contributed by atoms with Crippen molar-refractivity contribution in [3.8, 4) is 11.5 Å². The van der Waals surface area contributed by atoms with E-state index in [0.717, 1.165) is 11.3 Å². The number of carbonyl (C=O) groups is 2. The van der Waals surface area contributed by atoms with Gasteiger partial charge in [-0.3, -0.25) is 14.9 Å². The van der Waals surface area contributed by atoms with Crippen molar-refractivity contribution < 1.29 is 23.5 Å². The molecule has 0 radical (unpaired) electrons. The van der Waals surface area contributed by atoms with Crippen molar-refractivity contribution in [1.82, 2.24) is 5.32 Å². The highest BCUT2D eigenvalue weighted by Gasteiger charge is 2.35. The van der Waals surface area contributed by atoms with E-state index in [0.29, 0.717) is 17.1 Å². The quantitative estimate of drug-likeness (QED) is 0.389. The maximum Gasteiger partial charge on any atom is 0.270 e. The molecule has 31 heavy (non-hydrogen) atoms. The summed E-state index contributed by atoms with van der Waals surface area (Å²) in [6.07, 6.45) is 2.03. The first-order valence-electron chi connectivity index (χ1n) is 9.47. The number of thiocarbonyl (C=S) groups is 1. The second kappa shape index (κ2) is 9.45. The third kappa shape index (κ3) is 4.70. The molecule has 1 heterocycles. The van der Waals surface area contributed by atoms with Crippen LogP contribution in [0.1, 0.15) is 25.8 Å². The summed E-state index contributed by atoms with van der Waals surface area (Å²) in [7, 11) is 1.46. The van der Waals surface area contributed by atoms with Gasteiger partial charge in [0.2, 0.25) is 0 Å². The normalized spacial score (nSPS) is 16.4. The molecule has 0 aliphatic carbocycles. The predicted octanol–water partition coefficient (Wildman–Crippen LogP) is 4.50. The molecule has 1 N–H and O–H groups in total. The number of carbonyl (C=O) groups excluding carboxylic acids is 2. The average Bonchev–Trinajstić information content (AvgIpc) is 2.73. The van der Waals surface area contributed by atoms with Gasteiger partial charge in [-0.2, -0.15) is 0 Å². The third-order valence-electron chi connectivity index (χ3n) is 4.65. The number of hydrogen-bond acceptors (Lipinski definition) is 5. The number of benzene rings is 2. The Morgan fingerprint density at radius 1 is 1.29 bits per heavy atom. The average molecular weight is 463 g/mol. The van der Waals surface area contributed by atoms with Crippen molar-refractivity contribution in [3.63, 3.8) is 0 Å². The molecular formula is C22H20ClFN2O4S. The first kappa shape index (κ1) is 22.7. The van der Waals surface area contributed by atoms with E-state index in [4.69, 9.17) is 33.3 Å². The molecule has 162 valence electrons. The van der Waals surface area contributed by atoms with Gasteiger partial charge in [-0.15, -0.1) is 0 Å². The summed E-state index contributed by atoms with van der Waals surface area (Å²) in [5.41, 5.74) is 0.139. The highest BCUT2D eigenvalue weighted by molar-refractivity contribution is 7.80. The van der Waals surface area contributed by atoms with E-state index < -0.39 is 17.6 Å². The minimum Gasteiger partial charge on any atom is -0.493 e. The molecule has 2 amide bonds. The Balaban J connectivity index is 2.03. The Bertz CT molecular complexity index is 1090. The smallest absolute Gasteiger partial charge is 0.270 e. The highest BCUT2D eigenvalue weighted by atomic mass is 35.5. The number of amides is 2. The van der Waals surface area contributed by atoms with Gasteiger partial charge in [0.25, 0.3) is 11.8 Å². The first-order valence-corrected chi connectivity index (χ1v) is 10.3. The van der Waals surface area contributed by atoms with Crippen LogP contribution in [0.2, 0.25) is 5.02 Å². The fourth-order valence-corrected chi connectivity index (χ4v) is 3.44. The summed E-state index contributed by atoms with van der Waals surface area (Å²) >= 11 is 11.5. The predicted molar refractivity (Wildman–Crippen MR) is 121 cm³/mol. The van der Waals surface area contributed by atoms with Crippen molar-refractivity contribution >= 4 is 52.5 Å². The Morgan fingerprint density at radius 2 is 2.00 bits per heavy atom. The highest BCUT2D eigenvalue weighted by Crippen LogP contribution is 2.38. The number of nitrogens with one attached hydrogen (secondary N) is 1. The van der Waals surface area contributed by atoms with Crippen LogP contribution < -0.4 is 19.7 Å². The number of nitrogens with zero attached hydrogens (tertiary/aromatic N) is 1. The van der Waals surface area contributed by atoms with Crippen molar-refractivity contribution in [2.45, 2.75) is 26.4 Å². The third-order valence-corrected chi connectivity index (χ3v) is 5.22. The monoisotopic (exact) mass is 462 g/mol. The van der Waals surface area contributed by atoms with Gasteiger partial charge in [0.1, 0.15) is 11.4 Å². The summed E-state index contributed by atoms with van der Waals surface area (Å²) < 4.78 is 25.5. The van der Waals surface area contributed by atoms with Gasteiger partial charge in [-0.1, -0.05) is 30.7 Å². The second-order valence-corrected chi connectivity index (χ2v) is 7.57. The van der Waals surface area contributed by atoms with Crippen LogP contribution in [-0.2, 0) is 9.59 Å². The lowest BCUT2D eigenvalue weighted by Gasteiger charge is -2.29. The van der Waals surface area contributed by atoms with Gasteiger partial charge in [0, 0.05) is 0 Å². The van der Waals surface area contributed by atoms with Crippen molar-refractivity contribution in [1.29, 1.82) is 0 Å². The zero-order valence-corrected chi connectivity index (χ0v) is 18.6. The lowest BCUT2D eigenvalue weighted by atomic mass is 10.1. The van der Waals surface area contributed by atoms with Gasteiger partial charge in [-0.05, 0) is 61.5 Å². The van der Waals surface area contributed by atoms with E-state index in [-0.39, 0.29) is 27.5 Å². The van der Waals surface area contributed by atoms with Gasteiger partial charge < -0.3 is 9.47 Å². The molecule has 1 aliphatic rings. The number of ether oxygens (including phenoxy) is 2. The van der Waals surface area contributed by atoms with E-state index in [1.165, 1.54) is 31.4 Å². The van der Waals surface area contributed by atoms with Crippen molar-refractivity contribution in [2.24, 2.45) is 0 Å². The van der Waals surface area contributed by atoms with Crippen LogP contribution in [0.5, 0.6) is 11.5 Å². The molecule has 0 saturated carbocycles. The molecule has 2 aromatic rings. The van der Waals surface area contributed by atoms with Crippen LogP contribution >= 0.6 is 23.8 Å². The maximum atomic E-state index is 14.3. The Hall–Kier alpha value is -2.97. The number of methoxy groups -OCH3 is 1. The van der Waals surface area contributed by atoms with Crippen molar-refractivity contribution in [3.05, 3.63) is 58.4 Å². The van der Waals surface area contributed by atoms with Gasteiger partial charge >= 0.3 is 0 Å². The molecule has 0 bridgehead atoms. The Kier molecular flexibility index (Phi) is 6.92. The lowest BCUT2D eigenvalue weighted by molar-refractivity contribution is -0.122. The number of hydrogen-bond donors (Lipinski definition) is 1. The maximum absolute atomic E-state index is 14.3. The fourth-order valence-electron chi connectivity index (χ4n) is 2.90. The minimum absolute atomic E-state index is 0.0590. The van der Waals surface area contributed by atoms with Crippen LogP contribution in [0.15, 0.2) is 42.0 Å². The molecule has 3 rings (SSSR count). The summed E-state index contributed by atoms with van der Waals surface area (Å²) in [5, 5.41) is 2.48. The SMILES string of the molecule is CC[C@@H](C)Oc1c(Cl)cc(/C=C2\C(=O)NC(=S)N(c3ccccc3F)C2=O)cc1OC. The largest absolute Gasteiger partial charge is 0.493 e. The summed E-state index contributed by atoms with van der Waals surface area (Å²) in [5.74, 6) is -1.38. The van der Waals surface area contributed by atoms with Crippen LogP contribution in [0.3, 0.4) is 0 Å². The summed E-state index contributed by atoms with van der Waals surface area (Å²) in [4.78, 5) is 26.5. The zero-order chi connectivity index (χ0) is 22.7. The molecule has 2 aromatic carbocycles. The summed E-state index contributed by atoms with van der Waals surface area (Å²) in [6, 6.07) is 8.80. The van der Waals surface area contributed by atoms with Crippen LogP contribution in [0.4, 0.5) is 10.1 Å². The van der Waals surface area contributed by atoms with E-state index in [1.54, 1.807) is 18.2 Å². The van der Waals surface area contributed by atoms with E-state index in [1.807, 2.05) is 13.8 Å². The van der Waals surface area contributed by atoms with Gasteiger partial charge in [-0.25, -0.2) is 9.29 Å². The molecule has 6 nitrogen and oxygen atoms in total. The fraction of sp³-hybridized carbons (Fsp3) is 0.227. The lowest BCUT2D eigenvalue weighted by Crippen LogP contribution is -2.54. The topological polar surface area (TPSA) is 67.9 Å². The van der Waals surface area contributed by atoms with Crippen LogP contribution in [0, 0.1) is 5.82 Å². The van der Waals surface area contributed by atoms with E-state index >= 15 is 0 Å². The number of halogens is 2. The number of para-hydroxylation sites is 1. The molecule has 1 atom stereocenters. The molecule has 1 saturated heterocycles. The Labute approximate surface area is 189 Å². The zero-order valence-electron chi connectivity index (χ0n) is 17.1. The number of anilines is 1. The molecular weight excluding hydrogens is 443 g/mol. The molecule has 9 heteroatoms. The number of rotatable bonds is 6. The van der Waals surface area contributed by atoms with Gasteiger partial charge in [0.15, 0.2) is 16.6 Å². The molecule has 1 fully saturated rings. The second-order valence-electron chi connectivity index (χ2n) is 6.78. The standard InChI is InChI=1S/C22H20ClFN2O4S/c1-4-12(2)30-19-15(23)10-13(11-18(19)29-3)9-14-20(27)25-22(31)26(21(14)28)17-8-6-5-7-16(17)24/h5-12H,4H2,1-3H3,(H,25,27,31)/b14-9+/t12-/m1/s1. The van der Waals surface area contributed by atoms with Crippen LogP contribution in [0.25, 0.3) is 6.08 Å². The van der Waals surface area contributed by atoms with Crippen molar-refractivity contribution in [2.75, 3.05) is 12.0 Å². The molecule has 0 unspecified atom stereocenters. The molecule has 0 spiro atoms. The van der Waals surface area contributed by atoms with E-state index in [2.05, 4.69) is 5.32 Å². The van der Waals surface area contributed by atoms with Crippen LogP contribution in [-0.4, -0.2) is 30.1 Å². The first-order chi connectivity index (χ1) is 14.8.